The number of benzene rings is 2. The number of hydrogen-bond acceptors (Lipinski definition) is 4. The van der Waals surface area contributed by atoms with Crippen molar-refractivity contribution in [2.75, 3.05) is 20.3 Å². The van der Waals surface area contributed by atoms with Crippen molar-refractivity contribution in [3.05, 3.63) is 51.5 Å². The average Bonchev–Trinajstić information content (AvgIpc) is 2.54. The van der Waals surface area contributed by atoms with Gasteiger partial charge in [0.1, 0.15) is 24.5 Å². The number of halogens is 1. The van der Waals surface area contributed by atoms with Crippen LogP contribution in [0.5, 0.6) is 17.2 Å². The number of aryl methyl sites for hydroxylation is 2. The topological polar surface area (TPSA) is 65.0 Å². The standard InChI is InChI=1S/C18H19BrO5/c1-11-4-5-12(2)15(8-11)23-6-7-24-17-14(18(20)21)9-13(19)10-16(17)22-3/h4-5,8-10H,6-7H2,1-3H3,(H,20,21). The maximum absolute atomic E-state index is 11.4. The zero-order valence-electron chi connectivity index (χ0n) is 13.8. The maximum Gasteiger partial charge on any atom is 0.339 e. The van der Waals surface area contributed by atoms with Crippen molar-refractivity contribution in [2.45, 2.75) is 13.8 Å². The van der Waals surface area contributed by atoms with E-state index in [1.807, 2.05) is 32.0 Å². The van der Waals surface area contributed by atoms with Gasteiger partial charge in [-0.15, -0.1) is 0 Å². The molecule has 0 aromatic heterocycles. The molecule has 2 aromatic carbocycles. The minimum Gasteiger partial charge on any atom is -0.493 e. The molecule has 0 heterocycles. The number of hydrogen-bond donors (Lipinski definition) is 1. The first-order chi connectivity index (χ1) is 11.4. The van der Waals surface area contributed by atoms with Gasteiger partial charge in [-0.25, -0.2) is 4.79 Å². The van der Waals surface area contributed by atoms with E-state index in [1.54, 1.807) is 6.07 Å². The summed E-state index contributed by atoms with van der Waals surface area (Å²) in [5.74, 6) is 0.256. The molecule has 0 aliphatic heterocycles. The molecule has 0 radical (unpaired) electrons. The van der Waals surface area contributed by atoms with Crippen molar-refractivity contribution in [1.29, 1.82) is 0 Å². The van der Waals surface area contributed by atoms with Gasteiger partial charge in [0.15, 0.2) is 11.5 Å². The fraction of sp³-hybridized carbons (Fsp3) is 0.278. The van der Waals surface area contributed by atoms with E-state index in [0.29, 0.717) is 16.8 Å². The Labute approximate surface area is 149 Å². The van der Waals surface area contributed by atoms with Crippen LogP contribution in [0.4, 0.5) is 0 Å². The first-order valence-electron chi connectivity index (χ1n) is 7.36. The molecule has 24 heavy (non-hydrogen) atoms. The number of rotatable bonds is 7. The third-order valence-electron chi connectivity index (χ3n) is 3.40. The molecule has 2 aromatic rings. The van der Waals surface area contributed by atoms with Gasteiger partial charge in [-0.05, 0) is 43.2 Å². The monoisotopic (exact) mass is 394 g/mol. The van der Waals surface area contributed by atoms with E-state index in [2.05, 4.69) is 15.9 Å². The van der Waals surface area contributed by atoms with Gasteiger partial charge in [0.25, 0.3) is 0 Å². The molecular formula is C18H19BrO5. The van der Waals surface area contributed by atoms with Gasteiger partial charge in [-0.1, -0.05) is 28.1 Å². The third-order valence-corrected chi connectivity index (χ3v) is 3.86. The Morgan fingerprint density at radius 2 is 1.79 bits per heavy atom. The molecule has 0 atom stereocenters. The molecule has 0 saturated heterocycles. The summed E-state index contributed by atoms with van der Waals surface area (Å²) in [6, 6.07) is 9.10. The van der Waals surface area contributed by atoms with Gasteiger partial charge in [-0.3, -0.25) is 0 Å². The Kier molecular flexibility index (Phi) is 6.09. The lowest BCUT2D eigenvalue weighted by molar-refractivity contribution is 0.0690. The average molecular weight is 395 g/mol. The highest BCUT2D eigenvalue weighted by atomic mass is 79.9. The lowest BCUT2D eigenvalue weighted by Gasteiger charge is -2.15. The fourth-order valence-electron chi connectivity index (χ4n) is 2.19. The molecule has 0 saturated carbocycles. The Hall–Kier alpha value is -2.21. The van der Waals surface area contributed by atoms with E-state index < -0.39 is 5.97 Å². The van der Waals surface area contributed by atoms with Crippen LogP contribution in [-0.4, -0.2) is 31.4 Å². The fourth-order valence-corrected chi connectivity index (χ4v) is 2.62. The molecule has 128 valence electrons. The number of carbonyl (C=O) groups is 1. The van der Waals surface area contributed by atoms with E-state index in [-0.39, 0.29) is 17.9 Å². The predicted molar refractivity (Wildman–Crippen MR) is 94.6 cm³/mol. The number of aromatic carboxylic acids is 1. The van der Waals surface area contributed by atoms with Crippen LogP contribution in [0.25, 0.3) is 0 Å². The van der Waals surface area contributed by atoms with Crippen LogP contribution in [0.15, 0.2) is 34.8 Å². The molecule has 0 fully saturated rings. The van der Waals surface area contributed by atoms with E-state index >= 15 is 0 Å². The molecule has 5 nitrogen and oxygen atoms in total. The van der Waals surface area contributed by atoms with Crippen LogP contribution in [0.2, 0.25) is 0 Å². The second kappa shape index (κ2) is 8.06. The molecule has 1 N–H and O–H groups in total. The molecule has 2 rings (SSSR count). The Bertz CT molecular complexity index is 742. The van der Waals surface area contributed by atoms with Gasteiger partial charge in [0.2, 0.25) is 0 Å². The summed E-state index contributed by atoms with van der Waals surface area (Å²) < 4.78 is 17.1. The van der Waals surface area contributed by atoms with Crippen LogP contribution in [0.1, 0.15) is 21.5 Å². The minimum atomic E-state index is -1.08. The summed E-state index contributed by atoms with van der Waals surface area (Å²) >= 11 is 3.26. The Morgan fingerprint density at radius 3 is 2.46 bits per heavy atom. The number of carboxylic acids is 1. The van der Waals surface area contributed by atoms with Gasteiger partial charge in [0.05, 0.1) is 7.11 Å². The third kappa shape index (κ3) is 4.41. The van der Waals surface area contributed by atoms with Crippen molar-refractivity contribution in [2.24, 2.45) is 0 Å². The summed E-state index contributed by atoms with van der Waals surface area (Å²) in [7, 11) is 1.47. The van der Waals surface area contributed by atoms with Crippen molar-refractivity contribution in [1.82, 2.24) is 0 Å². The Morgan fingerprint density at radius 1 is 1.08 bits per heavy atom. The van der Waals surface area contributed by atoms with Crippen LogP contribution in [0.3, 0.4) is 0 Å². The Balaban J connectivity index is 2.06. The smallest absolute Gasteiger partial charge is 0.339 e. The molecule has 0 amide bonds. The molecular weight excluding hydrogens is 376 g/mol. The molecule has 0 bridgehead atoms. The maximum atomic E-state index is 11.4. The highest BCUT2D eigenvalue weighted by molar-refractivity contribution is 9.10. The van der Waals surface area contributed by atoms with E-state index in [1.165, 1.54) is 13.2 Å². The largest absolute Gasteiger partial charge is 0.493 e. The molecule has 6 heteroatoms. The first-order valence-corrected chi connectivity index (χ1v) is 8.15. The van der Waals surface area contributed by atoms with Gasteiger partial charge in [-0.2, -0.15) is 0 Å². The molecule has 0 unspecified atom stereocenters. The van der Waals surface area contributed by atoms with Crippen molar-refractivity contribution >= 4 is 21.9 Å². The van der Waals surface area contributed by atoms with Crippen LogP contribution < -0.4 is 14.2 Å². The summed E-state index contributed by atoms with van der Waals surface area (Å²) in [4.78, 5) is 11.4. The molecule has 0 spiro atoms. The molecule has 0 aliphatic carbocycles. The van der Waals surface area contributed by atoms with Crippen LogP contribution >= 0.6 is 15.9 Å². The highest BCUT2D eigenvalue weighted by Gasteiger charge is 2.18. The summed E-state index contributed by atoms with van der Waals surface area (Å²) in [5, 5.41) is 9.32. The van der Waals surface area contributed by atoms with Gasteiger partial charge in [0, 0.05) is 4.47 Å². The zero-order chi connectivity index (χ0) is 17.7. The summed E-state index contributed by atoms with van der Waals surface area (Å²) in [6.45, 7) is 4.46. The molecule has 0 aliphatic rings. The SMILES string of the molecule is COc1cc(Br)cc(C(=O)O)c1OCCOc1cc(C)ccc1C. The number of carboxylic acid groups (broad SMARTS) is 1. The van der Waals surface area contributed by atoms with Gasteiger partial charge < -0.3 is 19.3 Å². The first kappa shape index (κ1) is 18.1. The number of ether oxygens (including phenoxy) is 3. The second-order valence-electron chi connectivity index (χ2n) is 5.26. The van der Waals surface area contributed by atoms with E-state index in [4.69, 9.17) is 14.2 Å². The van der Waals surface area contributed by atoms with E-state index in [9.17, 15) is 9.90 Å². The van der Waals surface area contributed by atoms with Crippen LogP contribution in [0, 0.1) is 13.8 Å². The minimum absolute atomic E-state index is 0.0351. The summed E-state index contributed by atoms with van der Waals surface area (Å²) in [6.07, 6.45) is 0. The predicted octanol–water partition coefficient (Wildman–Crippen LogP) is 4.23. The summed E-state index contributed by atoms with van der Waals surface area (Å²) in [5.41, 5.74) is 2.18. The zero-order valence-corrected chi connectivity index (χ0v) is 15.3. The van der Waals surface area contributed by atoms with Crippen molar-refractivity contribution in [3.8, 4) is 17.2 Å². The van der Waals surface area contributed by atoms with Crippen molar-refractivity contribution in [3.63, 3.8) is 0 Å². The number of methoxy groups -OCH3 is 1. The lowest BCUT2D eigenvalue weighted by Crippen LogP contribution is -2.12. The second-order valence-corrected chi connectivity index (χ2v) is 6.17. The highest BCUT2D eigenvalue weighted by Crippen LogP contribution is 2.35. The van der Waals surface area contributed by atoms with Gasteiger partial charge >= 0.3 is 5.97 Å². The normalized spacial score (nSPS) is 10.3. The van der Waals surface area contributed by atoms with Crippen molar-refractivity contribution < 1.29 is 24.1 Å². The van der Waals surface area contributed by atoms with E-state index in [0.717, 1.165) is 16.9 Å². The lowest BCUT2D eigenvalue weighted by atomic mass is 10.1. The van der Waals surface area contributed by atoms with Crippen LogP contribution in [-0.2, 0) is 0 Å². The quantitative estimate of drug-likeness (QED) is 0.711.